The van der Waals surface area contributed by atoms with Crippen LogP contribution in [0.15, 0.2) is 77.8 Å². The van der Waals surface area contributed by atoms with Gasteiger partial charge in [0.25, 0.3) is 0 Å². The van der Waals surface area contributed by atoms with Gasteiger partial charge in [-0.2, -0.15) is 0 Å². The van der Waals surface area contributed by atoms with Crippen LogP contribution in [0.25, 0.3) is 22.0 Å². The molecule has 0 unspecified atom stereocenters. The van der Waals surface area contributed by atoms with Gasteiger partial charge in [-0.25, -0.2) is 0 Å². The van der Waals surface area contributed by atoms with E-state index in [0.717, 1.165) is 43.9 Å². The van der Waals surface area contributed by atoms with E-state index in [9.17, 15) is 4.79 Å². The van der Waals surface area contributed by atoms with E-state index in [-0.39, 0.29) is 11.2 Å². The highest BCUT2D eigenvalue weighted by Gasteiger charge is 2.19. The average molecular weight is 414 g/mol. The van der Waals surface area contributed by atoms with Gasteiger partial charge < -0.3 is 5.32 Å². The Bertz CT molecular complexity index is 1210. The monoisotopic (exact) mass is 413 g/mol. The molecular formula is C25H23N3OS. The third-order valence-corrected chi connectivity index (χ3v) is 6.10. The van der Waals surface area contributed by atoms with Crippen LogP contribution in [0.3, 0.4) is 0 Å². The molecule has 1 aromatic heterocycles. The van der Waals surface area contributed by atoms with Gasteiger partial charge in [-0.15, -0.1) is 10.2 Å². The summed E-state index contributed by atoms with van der Waals surface area (Å²) in [6.07, 6.45) is 0. The van der Waals surface area contributed by atoms with Crippen molar-refractivity contribution in [1.82, 2.24) is 10.2 Å². The Morgan fingerprint density at radius 1 is 0.900 bits per heavy atom. The van der Waals surface area contributed by atoms with Crippen molar-refractivity contribution in [2.45, 2.75) is 31.0 Å². The number of hydrogen-bond donors (Lipinski definition) is 1. The van der Waals surface area contributed by atoms with Gasteiger partial charge >= 0.3 is 0 Å². The molecule has 4 rings (SSSR count). The molecular weight excluding hydrogens is 390 g/mol. The van der Waals surface area contributed by atoms with Gasteiger partial charge in [0.15, 0.2) is 0 Å². The number of aryl methyl sites for hydroxylation is 2. The maximum Gasteiger partial charge on any atom is 0.237 e. The molecule has 0 bridgehead atoms. The summed E-state index contributed by atoms with van der Waals surface area (Å²) in [5, 5.41) is 14.5. The predicted octanol–water partition coefficient (Wildman–Crippen LogP) is 6.03. The number of nitrogens with zero attached hydrogens (tertiary/aromatic N) is 2. The summed E-state index contributed by atoms with van der Waals surface area (Å²) in [5.74, 6) is -0.0493. The second kappa shape index (κ2) is 8.67. The highest BCUT2D eigenvalue weighted by atomic mass is 32.2. The third-order valence-electron chi connectivity index (χ3n) is 5.01. The predicted molar refractivity (Wildman–Crippen MR) is 125 cm³/mol. The van der Waals surface area contributed by atoms with Crippen molar-refractivity contribution < 1.29 is 4.79 Å². The lowest BCUT2D eigenvalue weighted by Gasteiger charge is -2.15. The first kappa shape index (κ1) is 20.1. The Morgan fingerprint density at radius 2 is 1.60 bits per heavy atom. The van der Waals surface area contributed by atoms with Gasteiger partial charge in [-0.3, -0.25) is 4.79 Å². The highest BCUT2D eigenvalue weighted by molar-refractivity contribution is 8.00. The van der Waals surface area contributed by atoms with Crippen LogP contribution in [-0.2, 0) is 4.79 Å². The second-order valence-electron chi connectivity index (χ2n) is 7.33. The fraction of sp³-hybridized carbons (Fsp3) is 0.160. The minimum Gasteiger partial charge on any atom is -0.325 e. The lowest BCUT2D eigenvalue weighted by Crippen LogP contribution is -2.23. The van der Waals surface area contributed by atoms with E-state index in [1.165, 1.54) is 11.8 Å². The van der Waals surface area contributed by atoms with Crippen LogP contribution in [0, 0.1) is 13.8 Å². The Kier molecular flexibility index (Phi) is 5.81. The van der Waals surface area contributed by atoms with Crippen LogP contribution in [0.2, 0.25) is 0 Å². The molecule has 3 aromatic carbocycles. The van der Waals surface area contributed by atoms with Crippen LogP contribution in [0.5, 0.6) is 0 Å². The number of hydrogen-bond acceptors (Lipinski definition) is 4. The number of rotatable bonds is 5. The molecule has 4 aromatic rings. The summed E-state index contributed by atoms with van der Waals surface area (Å²) >= 11 is 1.43. The largest absolute Gasteiger partial charge is 0.325 e. The lowest BCUT2D eigenvalue weighted by molar-refractivity contribution is -0.115. The van der Waals surface area contributed by atoms with Gasteiger partial charge in [-0.1, -0.05) is 78.5 Å². The van der Waals surface area contributed by atoms with Gasteiger partial charge in [0.2, 0.25) is 5.91 Å². The minimum atomic E-state index is -0.315. The molecule has 4 nitrogen and oxygen atoms in total. The van der Waals surface area contributed by atoms with Crippen molar-refractivity contribution in [2.75, 3.05) is 5.32 Å². The van der Waals surface area contributed by atoms with Crippen molar-refractivity contribution in [2.24, 2.45) is 0 Å². The van der Waals surface area contributed by atoms with Crippen molar-refractivity contribution in [3.8, 4) is 11.3 Å². The molecule has 1 N–H and O–H groups in total. The number of nitrogens with one attached hydrogen (secondary N) is 1. The zero-order valence-electron chi connectivity index (χ0n) is 17.2. The summed E-state index contributed by atoms with van der Waals surface area (Å²) in [6.45, 7) is 5.91. The van der Waals surface area contributed by atoms with E-state index in [2.05, 4.69) is 21.6 Å². The van der Waals surface area contributed by atoms with E-state index in [0.29, 0.717) is 0 Å². The van der Waals surface area contributed by atoms with Gasteiger partial charge in [-0.05, 0) is 38.0 Å². The third kappa shape index (κ3) is 4.21. The van der Waals surface area contributed by atoms with Crippen molar-refractivity contribution in [3.63, 3.8) is 0 Å². The molecule has 1 amide bonds. The Morgan fingerprint density at radius 3 is 2.37 bits per heavy atom. The first-order chi connectivity index (χ1) is 14.5. The number of amides is 1. The van der Waals surface area contributed by atoms with Crippen LogP contribution in [0.4, 0.5) is 5.69 Å². The average Bonchev–Trinajstić information content (AvgIpc) is 2.77. The molecule has 1 heterocycles. The fourth-order valence-corrected chi connectivity index (χ4v) is 4.20. The smallest absolute Gasteiger partial charge is 0.237 e. The lowest BCUT2D eigenvalue weighted by atomic mass is 10.1. The number of carbonyl (C=O) groups excluding carboxylic acids is 1. The van der Waals surface area contributed by atoms with Crippen LogP contribution < -0.4 is 5.32 Å². The van der Waals surface area contributed by atoms with Crippen molar-refractivity contribution in [1.29, 1.82) is 0 Å². The van der Waals surface area contributed by atoms with E-state index in [1.807, 2.05) is 87.5 Å². The quantitative estimate of drug-likeness (QED) is 0.406. The number of aromatic nitrogens is 2. The maximum absolute atomic E-state index is 12.8. The molecule has 0 saturated carbocycles. The molecule has 0 saturated heterocycles. The molecule has 0 aliphatic rings. The van der Waals surface area contributed by atoms with E-state index < -0.39 is 0 Å². The van der Waals surface area contributed by atoms with E-state index in [4.69, 9.17) is 0 Å². The highest BCUT2D eigenvalue weighted by Crippen LogP contribution is 2.33. The second-order valence-corrected chi connectivity index (χ2v) is 8.66. The molecule has 0 aliphatic carbocycles. The Hall–Kier alpha value is -3.18. The van der Waals surface area contributed by atoms with Crippen LogP contribution in [-0.4, -0.2) is 21.4 Å². The number of anilines is 1. The molecule has 1 atom stereocenters. The zero-order chi connectivity index (χ0) is 21.1. The summed E-state index contributed by atoms with van der Waals surface area (Å²) in [6, 6.07) is 24.2. The zero-order valence-corrected chi connectivity index (χ0v) is 18.0. The number of fused-ring (bicyclic) bond motifs is 1. The standard InChI is InChI=1S/C25H23N3OS/c1-16-13-14-17(2)22(15-16)26-24(29)18(3)30-25-21-12-8-7-11-20(21)23(27-28-25)19-9-5-4-6-10-19/h4-15,18H,1-3H3,(H,26,29)/t18-/m1/s1. The number of thioether (sulfide) groups is 1. The maximum atomic E-state index is 12.8. The van der Waals surface area contributed by atoms with Gasteiger partial charge in [0, 0.05) is 22.0 Å². The van der Waals surface area contributed by atoms with E-state index >= 15 is 0 Å². The molecule has 0 fully saturated rings. The number of carbonyl (C=O) groups is 1. The normalized spacial score (nSPS) is 12.0. The van der Waals surface area contributed by atoms with Gasteiger partial charge in [0.05, 0.1) is 5.25 Å². The summed E-state index contributed by atoms with van der Waals surface area (Å²) in [7, 11) is 0. The van der Waals surface area contributed by atoms with Gasteiger partial charge in [0.1, 0.15) is 10.7 Å². The molecule has 30 heavy (non-hydrogen) atoms. The van der Waals surface area contributed by atoms with Crippen molar-refractivity contribution >= 4 is 34.1 Å². The minimum absolute atomic E-state index is 0.0493. The first-order valence-electron chi connectivity index (χ1n) is 9.88. The molecule has 0 aliphatic heterocycles. The topological polar surface area (TPSA) is 54.9 Å². The number of benzene rings is 3. The molecule has 0 spiro atoms. The summed E-state index contributed by atoms with van der Waals surface area (Å²) < 4.78 is 0. The fourth-order valence-electron chi connectivity index (χ4n) is 3.30. The summed E-state index contributed by atoms with van der Waals surface area (Å²) in [5.41, 5.74) is 4.89. The Labute approximate surface area is 180 Å². The van der Waals surface area contributed by atoms with E-state index in [1.54, 1.807) is 0 Å². The van der Waals surface area contributed by atoms with Crippen molar-refractivity contribution in [3.05, 3.63) is 83.9 Å². The summed E-state index contributed by atoms with van der Waals surface area (Å²) in [4.78, 5) is 12.8. The van der Waals surface area contributed by atoms with Crippen LogP contribution >= 0.6 is 11.8 Å². The first-order valence-corrected chi connectivity index (χ1v) is 10.8. The molecule has 5 heteroatoms. The van der Waals surface area contributed by atoms with Crippen LogP contribution in [0.1, 0.15) is 18.1 Å². The SMILES string of the molecule is Cc1ccc(C)c(NC(=O)[C@@H](C)Sc2nnc(-c3ccccc3)c3ccccc23)c1. The molecule has 0 radical (unpaired) electrons. The molecule has 150 valence electrons. The Balaban J connectivity index is 1.61.